The summed E-state index contributed by atoms with van der Waals surface area (Å²) in [6.45, 7) is 4.73. The standard InChI is InChI=1S/C28H36ClN3O3/c1-2-34-28(33)32-16-14-23-24-18-20(29)10-13-25(24)31-26(23)27(32)19-8-11-22(12-9-19)35-17-5-15-30-21-6-3-4-7-21/h8-13,18,21,27-28,30-31,33H,2-7,14-17H2,1H3/t27-,28?/m0/s1. The number of benzene rings is 2. The number of aliphatic hydroxyl groups excluding tert-OH is 1. The van der Waals surface area contributed by atoms with Crippen LogP contribution < -0.4 is 10.1 Å². The van der Waals surface area contributed by atoms with Crippen molar-refractivity contribution in [2.45, 2.75) is 63.9 Å². The lowest BCUT2D eigenvalue weighted by Gasteiger charge is -2.38. The fourth-order valence-corrected chi connectivity index (χ4v) is 5.74. The van der Waals surface area contributed by atoms with Crippen LogP contribution in [0.2, 0.25) is 5.02 Å². The Labute approximate surface area is 212 Å². The van der Waals surface area contributed by atoms with Gasteiger partial charge in [-0.15, -0.1) is 0 Å². The molecule has 1 aromatic heterocycles. The Morgan fingerprint density at radius 2 is 1.97 bits per heavy atom. The van der Waals surface area contributed by atoms with Gasteiger partial charge in [0.1, 0.15) is 5.75 Å². The van der Waals surface area contributed by atoms with E-state index in [1.54, 1.807) is 0 Å². The molecular weight excluding hydrogens is 462 g/mol. The van der Waals surface area contributed by atoms with Gasteiger partial charge >= 0.3 is 0 Å². The third-order valence-electron chi connectivity index (χ3n) is 7.30. The Kier molecular flexibility index (Phi) is 7.95. The molecule has 1 aliphatic heterocycles. The summed E-state index contributed by atoms with van der Waals surface area (Å²) >= 11 is 6.30. The summed E-state index contributed by atoms with van der Waals surface area (Å²) < 4.78 is 11.6. The molecular formula is C28H36ClN3O3. The SMILES string of the molecule is CCOC(O)N1CCc2c([nH]c3ccc(Cl)cc23)[C@@H]1c1ccc(OCCCNC2CCCC2)cc1. The van der Waals surface area contributed by atoms with Crippen molar-refractivity contribution in [3.05, 3.63) is 64.3 Å². The van der Waals surface area contributed by atoms with Crippen molar-refractivity contribution in [1.29, 1.82) is 0 Å². The summed E-state index contributed by atoms with van der Waals surface area (Å²) in [4.78, 5) is 5.61. The van der Waals surface area contributed by atoms with E-state index in [2.05, 4.69) is 22.4 Å². The van der Waals surface area contributed by atoms with E-state index in [4.69, 9.17) is 21.1 Å². The average Bonchev–Trinajstić information content (AvgIpc) is 3.51. The largest absolute Gasteiger partial charge is 0.494 e. The Hall–Kier alpha value is -2.09. The van der Waals surface area contributed by atoms with Gasteiger partial charge in [-0.3, -0.25) is 0 Å². The lowest BCUT2D eigenvalue weighted by molar-refractivity contribution is -0.202. The summed E-state index contributed by atoms with van der Waals surface area (Å²) in [5.41, 5.74) is 4.47. The number of aromatic amines is 1. The second kappa shape index (κ2) is 11.3. The number of hydrogen-bond donors (Lipinski definition) is 3. The lowest BCUT2D eigenvalue weighted by atomic mass is 9.92. The second-order valence-corrected chi connectivity index (χ2v) is 10.0. The average molecular weight is 498 g/mol. The molecule has 3 aromatic rings. The van der Waals surface area contributed by atoms with E-state index < -0.39 is 6.41 Å². The number of rotatable bonds is 10. The molecule has 0 saturated heterocycles. The molecule has 0 spiro atoms. The van der Waals surface area contributed by atoms with E-state index in [1.807, 2.05) is 42.2 Å². The highest BCUT2D eigenvalue weighted by Crippen LogP contribution is 2.40. The summed E-state index contributed by atoms with van der Waals surface area (Å²) in [5.74, 6) is 0.867. The second-order valence-electron chi connectivity index (χ2n) is 9.59. The Morgan fingerprint density at radius 1 is 1.17 bits per heavy atom. The number of nitrogens with zero attached hydrogens (tertiary/aromatic N) is 1. The van der Waals surface area contributed by atoms with E-state index in [0.29, 0.717) is 25.8 Å². The molecule has 0 bridgehead atoms. The van der Waals surface area contributed by atoms with Gasteiger partial charge in [0, 0.05) is 40.8 Å². The highest BCUT2D eigenvalue weighted by molar-refractivity contribution is 6.31. The predicted molar refractivity (Wildman–Crippen MR) is 140 cm³/mol. The molecule has 0 amide bonds. The molecule has 35 heavy (non-hydrogen) atoms. The fraction of sp³-hybridized carbons (Fsp3) is 0.500. The molecule has 2 atom stereocenters. The van der Waals surface area contributed by atoms with Crippen molar-refractivity contribution in [2.75, 3.05) is 26.3 Å². The first kappa shape index (κ1) is 24.6. The summed E-state index contributed by atoms with van der Waals surface area (Å²) in [7, 11) is 0. The van der Waals surface area contributed by atoms with Gasteiger partial charge in [0.2, 0.25) is 6.41 Å². The van der Waals surface area contributed by atoms with E-state index in [-0.39, 0.29) is 6.04 Å². The van der Waals surface area contributed by atoms with Crippen LogP contribution in [0, 0.1) is 0 Å². The molecule has 2 aliphatic rings. The van der Waals surface area contributed by atoms with Crippen molar-refractivity contribution < 1.29 is 14.6 Å². The van der Waals surface area contributed by atoms with Crippen molar-refractivity contribution in [2.24, 2.45) is 0 Å². The van der Waals surface area contributed by atoms with Crippen LogP contribution in [0.1, 0.15) is 61.9 Å². The minimum Gasteiger partial charge on any atom is -0.494 e. The van der Waals surface area contributed by atoms with Crippen LogP contribution >= 0.6 is 11.6 Å². The zero-order valence-electron chi connectivity index (χ0n) is 20.4. The minimum atomic E-state index is -0.976. The summed E-state index contributed by atoms with van der Waals surface area (Å²) in [6, 6.07) is 14.7. The van der Waals surface area contributed by atoms with Crippen molar-refractivity contribution in [3.63, 3.8) is 0 Å². The first-order valence-corrected chi connectivity index (χ1v) is 13.3. The molecule has 0 radical (unpaired) electrons. The fourth-order valence-electron chi connectivity index (χ4n) is 5.56. The van der Waals surface area contributed by atoms with Gasteiger partial charge in [-0.05, 0) is 80.6 Å². The van der Waals surface area contributed by atoms with Crippen LogP contribution in [-0.4, -0.2) is 53.7 Å². The third kappa shape index (κ3) is 5.52. The van der Waals surface area contributed by atoms with E-state index in [1.165, 1.54) is 31.2 Å². The predicted octanol–water partition coefficient (Wildman–Crippen LogP) is 5.38. The number of hydrogen-bond acceptors (Lipinski definition) is 5. The number of halogens is 1. The molecule has 188 valence electrons. The molecule has 2 aromatic carbocycles. The van der Waals surface area contributed by atoms with Gasteiger partial charge in [0.25, 0.3) is 0 Å². The zero-order valence-corrected chi connectivity index (χ0v) is 21.2. The van der Waals surface area contributed by atoms with Crippen LogP contribution in [0.5, 0.6) is 5.75 Å². The van der Waals surface area contributed by atoms with Gasteiger partial charge in [-0.2, -0.15) is 0 Å². The highest BCUT2D eigenvalue weighted by atomic mass is 35.5. The van der Waals surface area contributed by atoms with Crippen LogP contribution in [0.3, 0.4) is 0 Å². The van der Waals surface area contributed by atoms with E-state index in [0.717, 1.165) is 52.3 Å². The van der Waals surface area contributed by atoms with Gasteiger partial charge in [0.15, 0.2) is 0 Å². The number of aromatic nitrogens is 1. The molecule has 6 nitrogen and oxygen atoms in total. The number of fused-ring (bicyclic) bond motifs is 3. The van der Waals surface area contributed by atoms with Gasteiger partial charge in [-0.1, -0.05) is 36.6 Å². The van der Waals surface area contributed by atoms with Gasteiger partial charge in [-0.25, -0.2) is 4.90 Å². The molecule has 2 heterocycles. The lowest BCUT2D eigenvalue weighted by Crippen LogP contribution is -2.44. The topological polar surface area (TPSA) is 69.8 Å². The normalized spacial score (nSPS) is 19.8. The number of H-pyrrole nitrogens is 1. The quantitative estimate of drug-likeness (QED) is 0.259. The maximum atomic E-state index is 10.8. The molecule has 5 rings (SSSR count). The third-order valence-corrected chi connectivity index (χ3v) is 7.53. The minimum absolute atomic E-state index is 0.156. The number of aliphatic hydroxyl groups is 1. The number of nitrogens with one attached hydrogen (secondary N) is 2. The van der Waals surface area contributed by atoms with Gasteiger partial charge in [0.05, 0.1) is 12.6 Å². The summed E-state index contributed by atoms with van der Waals surface area (Å²) in [6.07, 6.45) is 6.16. The Balaban J connectivity index is 1.31. The first-order chi connectivity index (χ1) is 17.1. The smallest absolute Gasteiger partial charge is 0.216 e. The molecule has 3 N–H and O–H groups in total. The van der Waals surface area contributed by atoms with Crippen LogP contribution in [0.4, 0.5) is 0 Å². The number of ether oxygens (including phenoxy) is 2. The molecule has 1 saturated carbocycles. The van der Waals surface area contributed by atoms with Crippen LogP contribution in [0.25, 0.3) is 10.9 Å². The van der Waals surface area contributed by atoms with Crippen molar-refractivity contribution in [3.8, 4) is 5.75 Å². The van der Waals surface area contributed by atoms with Gasteiger partial charge < -0.3 is 24.9 Å². The molecule has 1 aliphatic carbocycles. The molecule has 7 heteroatoms. The van der Waals surface area contributed by atoms with Crippen LogP contribution in [0.15, 0.2) is 42.5 Å². The monoisotopic (exact) mass is 497 g/mol. The van der Waals surface area contributed by atoms with Crippen molar-refractivity contribution >= 4 is 22.5 Å². The highest BCUT2D eigenvalue weighted by Gasteiger charge is 2.35. The Bertz CT molecular complexity index is 1110. The maximum absolute atomic E-state index is 10.8. The van der Waals surface area contributed by atoms with E-state index in [9.17, 15) is 5.11 Å². The molecule has 1 unspecified atom stereocenters. The first-order valence-electron chi connectivity index (χ1n) is 13.0. The summed E-state index contributed by atoms with van der Waals surface area (Å²) in [5, 5.41) is 16.3. The van der Waals surface area contributed by atoms with Crippen LogP contribution in [-0.2, 0) is 11.2 Å². The van der Waals surface area contributed by atoms with Crippen molar-refractivity contribution in [1.82, 2.24) is 15.2 Å². The Morgan fingerprint density at radius 3 is 2.74 bits per heavy atom. The molecule has 1 fully saturated rings. The zero-order chi connectivity index (χ0) is 24.2. The maximum Gasteiger partial charge on any atom is 0.216 e. The van der Waals surface area contributed by atoms with E-state index >= 15 is 0 Å².